The van der Waals surface area contributed by atoms with E-state index in [-0.39, 0.29) is 12.6 Å². The van der Waals surface area contributed by atoms with Crippen molar-refractivity contribution in [3.05, 3.63) is 70.8 Å². The molecule has 0 bridgehead atoms. The van der Waals surface area contributed by atoms with Gasteiger partial charge in [0.05, 0.1) is 18.9 Å². The van der Waals surface area contributed by atoms with E-state index >= 15 is 0 Å². The third-order valence-electron chi connectivity index (χ3n) is 6.56. The van der Waals surface area contributed by atoms with E-state index in [1.54, 1.807) is 0 Å². The normalized spacial score (nSPS) is 25.6. The van der Waals surface area contributed by atoms with Crippen LogP contribution in [0.4, 0.5) is 0 Å². The minimum absolute atomic E-state index is 0.130. The molecule has 0 radical (unpaired) electrons. The van der Waals surface area contributed by atoms with Crippen molar-refractivity contribution in [2.75, 3.05) is 13.2 Å². The minimum Gasteiger partial charge on any atom is -0.465 e. The maximum atomic E-state index is 8.67. The first kappa shape index (κ1) is 22.9. The van der Waals surface area contributed by atoms with E-state index in [1.165, 1.54) is 0 Å². The summed E-state index contributed by atoms with van der Waals surface area (Å²) >= 11 is 0. The monoisotopic (exact) mass is 459 g/mol. The zero-order valence-corrected chi connectivity index (χ0v) is 19.6. The average Bonchev–Trinajstić information content (AvgIpc) is 3.21. The van der Waals surface area contributed by atoms with E-state index in [1.807, 2.05) is 24.3 Å². The molecule has 2 atom stereocenters. The van der Waals surface area contributed by atoms with Crippen LogP contribution in [0, 0.1) is 5.41 Å². The first-order valence-corrected chi connectivity index (χ1v) is 12.5. The van der Waals surface area contributed by atoms with Crippen molar-refractivity contribution < 1.29 is 18.9 Å². The Morgan fingerprint density at radius 1 is 0.647 bits per heavy atom. The first-order valence-electron chi connectivity index (χ1n) is 12.5. The minimum atomic E-state index is -0.130. The van der Waals surface area contributed by atoms with Gasteiger partial charge in [0, 0.05) is 12.8 Å². The molecule has 3 aliphatic rings. The standard InChI is InChI=1S/C29H33NO4/c30-29-23(19-21-7-13-25(14-8-21)33-27-5-1-3-17-31-27)11-12-24(29)20-22-9-15-26(16-10-22)34-28-6-2-4-18-32-28/h7-10,13-16,19-20,27-28,30H,1-6,11-12,17-18H2/b23-19+,24-20+,30-29?. The molecule has 1 N–H and O–H groups in total. The van der Waals surface area contributed by atoms with Crippen LogP contribution in [0.5, 0.6) is 11.5 Å². The van der Waals surface area contributed by atoms with Gasteiger partial charge in [-0.1, -0.05) is 24.3 Å². The summed E-state index contributed by atoms with van der Waals surface area (Å²) in [4.78, 5) is 0. The molecule has 2 aromatic rings. The quantitative estimate of drug-likeness (QED) is 0.517. The fraction of sp³-hybridized carbons (Fsp3) is 0.414. The number of hydrogen-bond acceptors (Lipinski definition) is 5. The van der Waals surface area contributed by atoms with E-state index in [4.69, 9.17) is 24.4 Å². The lowest BCUT2D eigenvalue weighted by atomic mass is 10.1. The highest BCUT2D eigenvalue weighted by atomic mass is 16.7. The van der Waals surface area contributed by atoms with Gasteiger partial charge in [0.2, 0.25) is 0 Å². The Balaban J connectivity index is 1.18. The summed E-state index contributed by atoms with van der Waals surface area (Å²) in [5.74, 6) is 1.66. The van der Waals surface area contributed by atoms with E-state index in [9.17, 15) is 0 Å². The average molecular weight is 460 g/mol. The molecule has 0 spiro atoms. The second-order valence-corrected chi connectivity index (χ2v) is 9.18. The molecule has 0 amide bonds. The van der Waals surface area contributed by atoms with Crippen molar-refractivity contribution in [3.63, 3.8) is 0 Å². The predicted octanol–water partition coefficient (Wildman–Crippen LogP) is 6.78. The topological polar surface area (TPSA) is 60.8 Å². The lowest BCUT2D eigenvalue weighted by Gasteiger charge is -2.23. The Morgan fingerprint density at radius 2 is 1.09 bits per heavy atom. The van der Waals surface area contributed by atoms with E-state index in [0.29, 0.717) is 5.71 Å². The van der Waals surface area contributed by atoms with Crippen molar-refractivity contribution >= 4 is 17.9 Å². The van der Waals surface area contributed by atoms with Gasteiger partial charge in [0.15, 0.2) is 12.6 Å². The summed E-state index contributed by atoms with van der Waals surface area (Å²) in [5.41, 5.74) is 4.95. The molecule has 1 aliphatic carbocycles. The fourth-order valence-corrected chi connectivity index (χ4v) is 4.61. The summed E-state index contributed by atoms with van der Waals surface area (Å²) in [6, 6.07) is 16.2. The van der Waals surface area contributed by atoms with Crippen LogP contribution < -0.4 is 9.47 Å². The second-order valence-electron chi connectivity index (χ2n) is 9.18. The van der Waals surface area contributed by atoms with Gasteiger partial charge < -0.3 is 24.4 Å². The molecule has 2 saturated heterocycles. The van der Waals surface area contributed by atoms with Gasteiger partial charge in [-0.2, -0.15) is 0 Å². The Morgan fingerprint density at radius 3 is 1.47 bits per heavy atom. The lowest BCUT2D eigenvalue weighted by Crippen LogP contribution is -2.24. The van der Waals surface area contributed by atoms with E-state index < -0.39 is 0 Å². The summed E-state index contributed by atoms with van der Waals surface area (Å²) in [7, 11) is 0. The van der Waals surface area contributed by atoms with Crippen LogP contribution in [-0.2, 0) is 9.47 Å². The Hall–Kier alpha value is -2.89. The highest BCUT2D eigenvalue weighted by Gasteiger charge is 2.20. The smallest absolute Gasteiger partial charge is 0.199 e. The molecular formula is C29H33NO4. The van der Waals surface area contributed by atoms with Crippen LogP contribution in [0.1, 0.15) is 62.5 Å². The zero-order valence-electron chi connectivity index (χ0n) is 19.6. The number of nitrogens with one attached hydrogen (secondary N) is 1. The van der Waals surface area contributed by atoms with Gasteiger partial charge in [-0.05, 0) is 97.2 Å². The Labute approximate surface area is 201 Å². The van der Waals surface area contributed by atoms with E-state index in [2.05, 4.69) is 36.4 Å². The number of rotatable bonds is 6. The van der Waals surface area contributed by atoms with Gasteiger partial charge in [-0.3, -0.25) is 0 Å². The molecule has 2 aliphatic heterocycles. The van der Waals surface area contributed by atoms with Crippen LogP contribution in [0.2, 0.25) is 0 Å². The van der Waals surface area contributed by atoms with Crippen molar-refractivity contribution in [3.8, 4) is 11.5 Å². The molecule has 178 valence electrons. The van der Waals surface area contributed by atoms with Gasteiger partial charge in [0.1, 0.15) is 11.5 Å². The first-order chi connectivity index (χ1) is 16.7. The third-order valence-corrected chi connectivity index (χ3v) is 6.56. The lowest BCUT2D eigenvalue weighted by molar-refractivity contribution is -0.106. The maximum absolute atomic E-state index is 8.67. The highest BCUT2D eigenvalue weighted by molar-refractivity contribution is 6.17. The van der Waals surface area contributed by atoms with Gasteiger partial charge in [-0.25, -0.2) is 0 Å². The SMILES string of the molecule is N=C1/C(=C/c2ccc(OC3CCCCO3)cc2)CC/C1=C\c1ccc(OC2CCCCO2)cc1. The largest absolute Gasteiger partial charge is 0.465 e. The molecule has 34 heavy (non-hydrogen) atoms. The van der Waals surface area contributed by atoms with Crippen LogP contribution in [0.25, 0.3) is 12.2 Å². The zero-order chi connectivity index (χ0) is 23.2. The molecule has 2 unspecified atom stereocenters. The van der Waals surface area contributed by atoms with Crippen molar-refractivity contribution in [1.29, 1.82) is 5.41 Å². The van der Waals surface area contributed by atoms with Crippen LogP contribution in [0.3, 0.4) is 0 Å². The Bertz CT molecular complexity index is 943. The summed E-state index contributed by atoms with van der Waals surface area (Å²) in [6.45, 7) is 1.56. The molecule has 1 saturated carbocycles. The number of ether oxygens (including phenoxy) is 4. The molecule has 3 fully saturated rings. The predicted molar refractivity (Wildman–Crippen MR) is 134 cm³/mol. The number of allylic oxidation sites excluding steroid dienone is 2. The fourth-order valence-electron chi connectivity index (χ4n) is 4.61. The van der Waals surface area contributed by atoms with Crippen molar-refractivity contribution in [1.82, 2.24) is 0 Å². The third kappa shape index (κ3) is 5.96. The molecule has 5 heteroatoms. The van der Waals surface area contributed by atoms with Crippen molar-refractivity contribution in [2.24, 2.45) is 0 Å². The summed E-state index contributed by atoms with van der Waals surface area (Å²) in [5, 5.41) is 8.67. The number of hydrogen-bond donors (Lipinski definition) is 1. The highest BCUT2D eigenvalue weighted by Crippen LogP contribution is 2.31. The number of benzene rings is 2. The second kappa shape index (κ2) is 11.0. The maximum Gasteiger partial charge on any atom is 0.199 e. The van der Waals surface area contributed by atoms with Crippen molar-refractivity contribution in [2.45, 2.75) is 63.9 Å². The van der Waals surface area contributed by atoms with Crippen LogP contribution in [0.15, 0.2) is 59.7 Å². The molecule has 5 nitrogen and oxygen atoms in total. The molecular weight excluding hydrogens is 426 g/mol. The van der Waals surface area contributed by atoms with Gasteiger partial charge in [-0.15, -0.1) is 0 Å². The van der Waals surface area contributed by atoms with E-state index in [0.717, 1.165) is 98.4 Å². The Kier molecular flexibility index (Phi) is 7.42. The summed E-state index contributed by atoms with van der Waals surface area (Å²) in [6.07, 6.45) is 12.2. The molecule has 2 aromatic carbocycles. The molecule has 0 aromatic heterocycles. The summed E-state index contributed by atoms with van der Waals surface area (Å²) < 4.78 is 23.2. The van der Waals surface area contributed by atoms with Gasteiger partial charge >= 0.3 is 0 Å². The van der Waals surface area contributed by atoms with Crippen LogP contribution >= 0.6 is 0 Å². The van der Waals surface area contributed by atoms with Gasteiger partial charge in [0.25, 0.3) is 0 Å². The molecule has 2 heterocycles. The molecule has 5 rings (SSSR count). The van der Waals surface area contributed by atoms with Crippen LogP contribution in [-0.4, -0.2) is 31.5 Å².